The molecule has 2 rings (SSSR count). The third-order valence-electron chi connectivity index (χ3n) is 2.73. The molecular formula is C15H15ClFNO2. The van der Waals surface area contributed by atoms with Gasteiger partial charge in [0, 0.05) is 17.2 Å². The quantitative estimate of drug-likeness (QED) is 0.841. The molecule has 20 heavy (non-hydrogen) atoms. The Morgan fingerprint density at radius 2 is 1.90 bits per heavy atom. The first-order valence-corrected chi connectivity index (χ1v) is 6.55. The summed E-state index contributed by atoms with van der Waals surface area (Å²) in [6.07, 6.45) is 0. The molecule has 0 heterocycles. The highest BCUT2D eigenvalue weighted by Gasteiger charge is 2.12. The molecule has 0 aliphatic rings. The normalized spacial score (nSPS) is 10.4. The van der Waals surface area contributed by atoms with Crippen molar-refractivity contribution in [3.8, 4) is 17.2 Å². The summed E-state index contributed by atoms with van der Waals surface area (Å²) in [5.74, 6) is 0.495. The van der Waals surface area contributed by atoms with Crippen molar-refractivity contribution in [3.05, 3.63) is 46.7 Å². The summed E-state index contributed by atoms with van der Waals surface area (Å²) in [5, 5.41) is 0.552. The standard InChI is InChI=1S/C15H15ClFNO2/c1-3-19-14-8-15(12(18)7-11(14)17)20-13-6-10(16)5-4-9(13)2/h4-8H,3,18H2,1-2H3. The first-order chi connectivity index (χ1) is 9.51. The fourth-order valence-corrected chi connectivity index (χ4v) is 1.87. The minimum Gasteiger partial charge on any atom is -0.491 e. The van der Waals surface area contributed by atoms with Crippen molar-refractivity contribution in [1.29, 1.82) is 0 Å². The van der Waals surface area contributed by atoms with Gasteiger partial charge in [0.15, 0.2) is 17.3 Å². The third-order valence-corrected chi connectivity index (χ3v) is 2.97. The van der Waals surface area contributed by atoms with Crippen LogP contribution in [0.2, 0.25) is 5.02 Å². The third kappa shape index (κ3) is 3.14. The van der Waals surface area contributed by atoms with Crippen molar-refractivity contribution < 1.29 is 13.9 Å². The van der Waals surface area contributed by atoms with Crippen LogP contribution in [0.1, 0.15) is 12.5 Å². The van der Waals surface area contributed by atoms with Gasteiger partial charge in [0.1, 0.15) is 5.75 Å². The van der Waals surface area contributed by atoms with Crippen LogP contribution in [-0.4, -0.2) is 6.61 Å². The Bertz CT molecular complexity index is 632. The molecular weight excluding hydrogens is 281 g/mol. The Balaban J connectivity index is 2.37. The summed E-state index contributed by atoms with van der Waals surface area (Å²) >= 11 is 5.93. The number of nitrogens with two attached hydrogens (primary N) is 1. The number of halogens is 2. The van der Waals surface area contributed by atoms with Gasteiger partial charge in [-0.15, -0.1) is 0 Å². The monoisotopic (exact) mass is 295 g/mol. The maximum absolute atomic E-state index is 13.6. The van der Waals surface area contributed by atoms with E-state index in [0.29, 0.717) is 23.1 Å². The smallest absolute Gasteiger partial charge is 0.167 e. The van der Waals surface area contributed by atoms with E-state index in [0.717, 1.165) is 5.56 Å². The number of aryl methyl sites for hydroxylation is 1. The zero-order valence-corrected chi connectivity index (χ0v) is 12.0. The Morgan fingerprint density at radius 1 is 1.15 bits per heavy atom. The number of anilines is 1. The molecule has 0 aliphatic carbocycles. The number of nitrogen functional groups attached to an aromatic ring is 1. The first kappa shape index (κ1) is 14.5. The van der Waals surface area contributed by atoms with Gasteiger partial charge in [-0.05, 0) is 31.5 Å². The lowest BCUT2D eigenvalue weighted by Crippen LogP contribution is -1.99. The Hall–Kier alpha value is -1.94. The fourth-order valence-electron chi connectivity index (χ4n) is 1.71. The molecule has 0 fully saturated rings. The van der Waals surface area contributed by atoms with Crippen molar-refractivity contribution in [2.45, 2.75) is 13.8 Å². The van der Waals surface area contributed by atoms with E-state index in [4.69, 9.17) is 26.8 Å². The largest absolute Gasteiger partial charge is 0.491 e. The number of hydrogen-bond donors (Lipinski definition) is 1. The average molecular weight is 296 g/mol. The van der Waals surface area contributed by atoms with Crippen molar-refractivity contribution >= 4 is 17.3 Å². The van der Waals surface area contributed by atoms with E-state index < -0.39 is 5.82 Å². The molecule has 3 nitrogen and oxygen atoms in total. The maximum Gasteiger partial charge on any atom is 0.167 e. The molecule has 2 aromatic rings. The van der Waals surface area contributed by atoms with E-state index in [9.17, 15) is 4.39 Å². The van der Waals surface area contributed by atoms with Crippen LogP contribution in [-0.2, 0) is 0 Å². The van der Waals surface area contributed by atoms with E-state index >= 15 is 0 Å². The van der Waals surface area contributed by atoms with Gasteiger partial charge in [0.2, 0.25) is 0 Å². The van der Waals surface area contributed by atoms with Crippen LogP contribution in [0, 0.1) is 12.7 Å². The zero-order valence-electron chi connectivity index (χ0n) is 11.2. The van der Waals surface area contributed by atoms with E-state index in [1.165, 1.54) is 12.1 Å². The number of ether oxygens (including phenoxy) is 2. The minimum atomic E-state index is -0.514. The lowest BCUT2D eigenvalue weighted by Gasteiger charge is -2.13. The lowest BCUT2D eigenvalue weighted by molar-refractivity contribution is 0.319. The summed E-state index contributed by atoms with van der Waals surface area (Å²) in [6.45, 7) is 4.02. The van der Waals surface area contributed by atoms with Gasteiger partial charge in [0.25, 0.3) is 0 Å². The molecule has 2 N–H and O–H groups in total. The molecule has 106 valence electrons. The highest BCUT2D eigenvalue weighted by atomic mass is 35.5. The topological polar surface area (TPSA) is 44.5 Å². The van der Waals surface area contributed by atoms with Gasteiger partial charge in [-0.1, -0.05) is 17.7 Å². The molecule has 0 aromatic heterocycles. The fraction of sp³-hybridized carbons (Fsp3) is 0.200. The highest BCUT2D eigenvalue weighted by Crippen LogP contribution is 2.35. The van der Waals surface area contributed by atoms with E-state index in [1.807, 2.05) is 13.0 Å². The van der Waals surface area contributed by atoms with Gasteiger partial charge in [-0.25, -0.2) is 4.39 Å². The van der Waals surface area contributed by atoms with Gasteiger partial charge in [-0.3, -0.25) is 0 Å². The number of rotatable bonds is 4. The second-order valence-electron chi connectivity index (χ2n) is 4.27. The van der Waals surface area contributed by atoms with Crippen molar-refractivity contribution in [1.82, 2.24) is 0 Å². The summed E-state index contributed by atoms with van der Waals surface area (Å²) in [4.78, 5) is 0. The molecule has 0 spiro atoms. The first-order valence-electron chi connectivity index (χ1n) is 6.17. The Kier molecular flexibility index (Phi) is 4.35. The molecule has 0 atom stereocenters. The molecule has 0 unspecified atom stereocenters. The van der Waals surface area contributed by atoms with Crippen LogP contribution in [0.4, 0.5) is 10.1 Å². The zero-order chi connectivity index (χ0) is 14.7. The molecule has 0 radical (unpaired) electrons. The maximum atomic E-state index is 13.6. The molecule has 0 saturated heterocycles. The minimum absolute atomic E-state index is 0.108. The van der Waals surface area contributed by atoms with Gasteiger partial charge in [0.05, 0.1) is 12.3 Å². The second-order valence-corrected chi connectivity index (χ2v) is 4.70. The summed E-state index contributed by atoms with van der Waals surface area (Å²) in [6, 6.07) is 7.90. The molecule has 0 aliphatic heterocycles. The van der Waals surface area contributed by atoms with Crippen LogP contribution < -0.4 is 15.2 Å². The summed E-state index contributed by atoms with van der Waals surface area (Å²) in [7, 11) is 0. The Labute approximate surface area is 122 Å². The predicted octanol–water partition coefficient (Wildman–Crippen LogP) is 4.56. The molecule has 0 saturated carbocycles. The molecule has 0 amide bonds. The SMILES string of the molecule is CCOc1cc(Oc2cc(Cl)ccc2C)c(N)cc1F. The predicted molar refractivity (Wildman–Crippen MR) is 78.2 cm³/mol. The average Bonchev–Trinajstić information content (AvgIpc) is 2.39. The number of benzene rings is 2. The van der Waals surface area contributed by atoms with Crippen LogP contribution in [0.5, 0.6) is 17.2 Å². The van der Waals surface area contributed by atoms with E-state index in [2.05, 4.69) is 0 Å². The van der Waals surface area contributed by atoms with Crippen LogP contribution in [0.3, 0.4) is 0 Å². The van der Waals surface area contributed by atoms with Crippen LogP contribution in [0.15, 0.2) is 30.3 Å². The van der Waals surface area contributed by atoms with Crippen molar-refractivity contribution in [3.63, 3.8) is 0 Å². The van der Waals surface area contributed by atoms with E-state index in [1.54, 1.807) is 19.1 Å². The Morgan fingerprint density at radius 3 is 2.60 bits per heavy atom. The van der Waals surface area contributed by atoms with Crippen molar-refractivity contribution in [2.75, 3.05) is 12.3 Å². The van der Waals surface area contributed by atoms with Crippen LogP contribution in [0.25, 0.3) is 0 Å². The molecule has 2 aromatic carbocycles. The molecule has 5 heteroatoms. The van der Waals surface area contributed by atoms with Crippen LogP contribution >= 0.6 is 11.6 Å². The summed E-state index contributed by atoms with van der Waals surface area (Å²) < 4.78 is 24.5. The number of hydrogen-bond acceptors (Lipinski definition) is 3. The molecule has 0 bridgehead atoms. The van der Waals surface area contributed by atoms with Gasteiger partial charge >= 0.3 is 0 Å². The second kappa shape index (κ2) is 6.01. The highest BCUT2D eigenvalue weighted by molar-refractivity contribution is 6.30. The van der Waals surface area contributed by atoms with Gasteiger partial charge in [-0.2, -0.15) is 0 Å². The van der Waals surface area contributed by atoms with Gasteiger partial charge < -0.3 is 15.2 Å². The summed E-state index contributed by atoms with van der Waals surface area (Å²) in [5.41, 5.74) is 6.87. The lowest BCUT2D eigenvalue weighted by atomic mass is 10.2. The van der Waals surface area contributed by atoms with E-state index in [-0.39, 0.29) is 11.4 Å². The van der Waals surface area contributed by atoms with Crippen molar-refractivity contribution in [2.24, 2.45) is 0 Å².